The van der Waals surface area contributed by atoms with E-state index in [9.17, 15) is 15.3 Å². The Morgan fingerprint density at radius 1 is 1.41 bits per heavy atom. The van der Waals surface area contributed by atoms with Gasteiger partial charge in [-0.15, -0.1) is 11.3 Å². The number of nitrogens with two attached hydrogens (primary N) is 1. The maximum atomic E-state index is 12.9. The van der Waals surface area contributed by atoms with Gasteiger partial charge in [0.05, 0.1) is 21.7 Å². The summed E-state index contributed by atoms with van der Waals surface area (Å²) in [5, 5.41) is 22.6. The van der Waals surface area contributed by atoms with Gasteiger partial charge in [-0.25, -0.2) is 0 Å². The number of anilines is 1. The highest BCUT2D eigenvalue weighted by Crippen LogP contribution is 2.47. The second-order valence-corrected chi connectivity index (χ2v) is 6.80. The summed E-state index contributed by atoms with van der Waals surface area (Å²) in [5.41, 5.74) is 7.35. The van der Waals surface area contributed by atoms with E-state index < -0.39 is 11.5 Å². The number of rotatable bonds is 2. The Bertz CT molecular complexity index is 1240. The highest BCUT2D eigenvalue weighted by Gasteiger charge is 2.35. The van der Waals surface area contributed by atoms with E-state index in [2.05, 4.69) is 21.4 Å². The zero-order valence-corrected chi connectivity index (χ0v) is 14.8. The first kappa shape index (κ1) is 16.6. The lowest BCUT2D eigenvalue weighted by atomic mass is 9.85. The van der Waals surface area contributed by atoms with Crippen LogP contribution in [0.3, 0.4) is 0 Å². The van der Waals surface area contributed by atoms with E-state index in [1.807, 2.05) is 6.07 Å². The van der Waals surface area contributed by atoms with E-state index in [4.69, 9.17) is 10.5 Å². The summed E-state index contributed by atoms with van der Waals surface area (Å²) in [5.74, 6) is -0.503. The van der Waals surface area contributed by atoms with Gasteiger partial charge in [-0.1, -0.05) is 6.07 Å². The Morgan fingerprint density at radius 2 is 2.22 bits per heavy atom. The molecule has 0 unspecified atom stereocenters. The van der Waals surface area contributed by atoms with Crippen molar-refractivity contribution >= 4 is 26.6 Å². The van der Waals surface area contributed by atoms with Crippen LogP contribution in [0, 0.1) is 22.7 Å². The normalized spacial score (nSPS) is 15.6. The number of nitrogens with one attached hydrogen (secondary N) is 2. The van der Waals surface area contributed by atoms with Gasteiger partial charge in [0.15, 0.2) is 5.75 Å². The minimum atomic E-state index is -0.703. The number of allylic oxidation sites excluding steroid dienone is 1. The molecular formula is C18H12N6O2S. The fourth-order valence-corrected chi connectivity index (χ4v) is 4.27. The molecule has 27 heavy (non-hydrogen) atoms. The lowest BCUT2D eigenvalue weighted by Crippen LogP contribution is -2.27. The van der Waals surface area contributed by atoms with Gasteiger partial charge in [0, 0.05) is 19.4 Å². The first-order chi connectivity index (χ1) is 13.1. The Morgan fingerprint density at radius 3 is 2.85 bits per heavy atom. The van der Waals surface area contributed by atoms with Crippen LogP contribution in [0.15, 0.2) is 40.8 Å². The molecular weight excluding hydrogens is 364 g/mol. The van der Waals surface area contributed by atoms with Crippen molar-refractivity contribution in [2.75, 3.05) is 12.4 Å². The molecule has 1 atom stereocenters. The molecule has 1 aliphatic rings. The summed E-state index contributed by atoms with van der Waals surface area (Å²) in [7, 11) is 1.69. The lowest BCUT2D eigenvalue weighted by Gasteiger charge is -2.25. The maximum Gasteiger partial charge on any atom is 0.256 e. The van der Waals surface area contributed by atoms with Crippen molar-refractivity contribution in [1.82, 2.24) is 9.97 Å². The molecule has 0 amide bonds. The highest BCUT2D eigenvalue weighted by molar-refractivity contribution is 7.23. The van der Waals surface area contributed by atoms with Gasteiger partial charge >= 0.3 is 0 Å². The first-order valence-corrected chi connectivity index (χ1v) is 8.70. The number of aromatic amines is 1. The van der Waals surface area contributed by atoms with Crippen LogP contribution in [-0.4, -0.2) is 17.0 Å². The minimum Gasteiger partial charge on any atom is -0.438 e. The van der Waals surface area contributed by atoms with Crippen molar-refractivity contribution in [1.29, 1.82) is 10.5 Å². The Balaban J connectivity index is 2.11. The molecule has 132 valence electrons. The number of H-pyrrole nitrogens is 1. The van der Waals surface area contributed by atoms with E-state index in [0.717, 1.165) is 0 Å². The molecule has 3 aromatic heterocycles. The molecule has 0 aromatic carbocycles. The first-order valence-electron chi connectivity index (χ1n) is 7.88. The van der Waals surface area contributed by atoms with Crippen molar-refractivity contribution in [3.05, 3.63) is 63.0 Å². The number of hydrogen-bond donors (Lipinski definition) is 3. The summed E-state index contributed by atoms with van der Waals surface area (Å²) < 4.78 is 6.29. The third-order valence-corrected chi connectivity index (χ3v) is 5.58. The van der Waals surface area contributed by atoms with Gasteiger partial charge in [-0.05, 0) is 11.6 Å². The molecule has 0 saturated heterocycles. The average Bonchev–Trinajstić information content (AvgIpc) is 3.05. The molecule has 0 aliphatic carbocycles. The third kappa shape index (κ3) is 2.34. The van der Waals surface area contributed by atoms with E-state index in [1.54, 1.807) is 31.6 Å². The molecule has 0 bridgehead atoms. The fraction of sp³-hybridized carbons (Fsp3) is 0.111. The Labute approximate surface area is 157 Å². The van der Waals surface area contributed by atoms with Crippen molar-refractivity contribution in [2.45, 2.75) is 5.92 Å². The van der Waals surface area contributed by atoms with Crippen LogP contribution in [0.25, 0.3) is 10.2 Å². The number of nitriles is 2. The summed E-state index contributed by atoms with van der Waals surface area (Å²) in [6.07, 6.45) is 3.19. The molecule has 0 fully saturated rings. The van der Waals surface area contributed by atoms with E-state index in [-0.39, 0.29) is 22.8 Å². The number of aromatic nitrogens is 2. The molecule has 0 radical (unpaired) electrons. The SMILES string of the molecule is CNc1sc2c3c(c(=O)[nH]c2c1C#N)[C@H](c1cccnc1)C(C#N)=C(N)O3. The number of ether oxygens (including phenoxy) is 1. The molecule has 1 aliphatic heterocycles. The fourth-order valence-electron chi connectivity index (χ4n) is 3.21. The topological polar surface area (TPSA) is 141 Å². The second-order valence-electron chi connectivity index (χ2n) is 5.78. The van der Waals surface area contributed by atoms with E-state index in [0.29, 0.717) is 26.3 Å². The van der Waals surface area contributed by atoms with Crippen molar-refractivity contribution < 1.29 is 4.74 Å². The minimum absolute atomic E-state index is 0.0660. The Kier molecular flexibility index (Phi) is 3.80. The molecule has 4 N–H and O–H groups in total. The zero-order valence-electron chi connectivity index (χ0n) is 14.0. The molecule has 4 rings (SSSR count). The smallest absolute Gasteiger partial charge is 0.256 e. The van der Waals surface area contributed by atoms with Crippen molar-refractivity contribution in [2.24, 2.45) is 5.73 Å². The lowest BCUT2D eigenvalue weighted by molar-refractivity contribution is 0.397. The van der Waals surface area contributed by atoms with E-state index in [1.165, 1.54) is 11.3 Å². The summed E-state index contributed by atoms with van der Waals surface area (Å²) in [6, 6.07) is 7.63. The van der Waals surface area contributed by atoms with Crippen LogP contribution >= 0.6 is 11.3 Å². The van der Waals surface area contributed by atoms with Crippen LogP contribution in [0.4, 0.5) is 5.00 Å². The van der Waals surface area contributed by atoms with Gasteiger partial charge in [0.2, 0.25) is 5.88 Å². The summed E-state index contributed by atoms with van der Waals surface area (Å²) >= 11 is 1.27. The van der Waals surface area contributed by atoms with Gasteiger partial charge < -0.3 is 20.8 Å². The number of pyridine rings is 2. The van der Waals surface area contributed by atoms with Gasteiger partial charge in [0.25, 0.3) is 5.56 Å². The quantitative estimate of drug-likeness (QED) is 0.622. The molecule has 9 heteroatoms. The van der Waals surface area contributed by atoms with Gasteiger partial charge in [-0.2, -0.15) is 10.5 Å². The second kappa shape index (κ2) is 6.16. The number of hydrogen-bond acceptors (Lipinski definition) is 8. The van der Waals surface area contributed by atoms with Gasteiger partial charge in [0.1, 0.15) is 28.3 Å². The Hall–Kier alpha value is -3.82. The summed E-state index contributed by atoms with van der Waals surface area (Å²) in [6.45, 7) is 0. The highest BCUT2D eigenvalue weighted by atomic mass is 32.1. The van der Waals surface area contributed by atoms with Crippen molar-refractivity contribution in [3.63, 3.8) is 0 Å². The van der Waals surface area contributed by atoms with Crippen LogP contribution in [0.2, 0.25) is 0 Å². The standard InChI is InChI=1S/C18H12N6O2S/c1-22-18-10(6-20)13-15(27-18)14-12(17(25)24-13)11(8-3-2-4-23-7-8)9(5-19)16(21)26-14/h2-4,7,11,22H,21H2,1H3,(H,24,25)/t11-/m1/s1. The summed E-state index contributed by atoms with van der Waals surface area (Å²) in [4.78, 5) is 19.8. The van der Waals surface area contributed by atoms with Crippen LogP contribution in [0.5, 0.6) is 5.75 Å². The maximum absolute atomic E-state index is 12.9. The van der Waals surface area contributed by atoms with Gasteiger partial charge in [-0.3, -0.25) is 9.78 Å². The predicted octanol–water partition coefficient (Wildman–Crippen LogP) is 2.12. The van der Waals surface area contributed by atoms with Crippen LogP contribution in [-0.2, 0) is 0 Å². The number of nitrogens with zero attached hydrogens (tertiary/aromatic N) is 3. The monoisotopic (exact) mass is 376 g/mol. The van der Waals surface area contributed by atoms with Crippen LogP contribution in [0.1, 0.15) is 22.6 Å². The average molecular weight is 376 g/mol. The van der Waals surface area contributed by atoms with E-state index >= 15 is 0 Å². The number of fused-ring (bicyclic) bond motifs is 3. The molecule has 3 aromatic rings. The largest absolute Gasteiger partial charge is 0.438 e. The zero-order chi connectivity index (χ0) is 19.1. The van der Waals surface area contributed by atoms with Crippen molar-refractivity contribution in [3.8, 4) is 17.9 Å². The molecule has 0 saturated carbocycles. The third-order valence-electron chi connectivity index (χ3n) is 4.37. The molecule has 0 spiro atoms. The number of thiophene rings is 1. The predicted molar refractivity (Wildman–Crippen MR) is 100 cm³/mol. The molecule has 4 heterocycles. The molecule has 8 nitrogen and oxygen atoms in total. The van der Waals surface area contributed by atoms with Crippen LogP contribution < -0.4 is 21.3 Å².